The van der Waals surface area contributed by atoms with Crippen molar-refractivity contribution in [3.63, 3.8) is 0 Å². The van der Waals surface area contributed by atoms with E-state index in [2.05, 4.69) is 0 Å². The Morgan fingerprint density at radius 2 is 1.79 bits per heavy atom. The summed E-state index contributed by atoms with van der Waals surface area (Å²) in [5.74, 6) is -0.931. The summed E-state index contributed by atoms with van der Waals surface area (Å²) < 4.78 is 10.7. The maximum atomic E-state index is 12.5. The number of nitrogens with zero attached hydrogens (tertiary/aromatic N) is 1. The van der Waals surface area contributed by atoms with Crippen molar-refractivity contribution < 1.29 is 23.9 Å². The number of carbonyl (C=O) groups excluding carboxylic acids is 3. The molecule has 0 radical (unpaired) electrons. The zero-order valence-electron chi connectivity index (χ0n) is 16.3. The third kappa shape index (κ3) is 4.95. The van der Waals surface area contributed by atoms with E-state index < -0.39 is 18.0 Å². The Balaban J connectivity index is 1.60. The molecule has 1 heterocycles. The first-order chi connectivity index (χ1) is 13.9. The van der Waals surface area contributed by atoms with Gasteiger partial charge in [0.1, 0.15) is 5.75 Å². The van der Waals surface area contributed by atoms with E-state index in [4.69, 9.17) is 21.1 Å². The van der Waals surface area contributed by atoms with Gasteiger partial charge < -0.3 is 14.4 Å². The SMILES string of the molecule is CCOc1ccc(N2C[C@@H](C(=O)O[C@@H](C)C(=O)c3ccc(Cl)cc3)CC2=O)cc1. The molecule has 1 saturated heterocycles. The number of ketones is 1. The highest BCUT2D eigenvalue weighted by Gasteiger charge is 2.37. The van der Waals surface area contributed by atoms with Gasteiger partial charge in [0, 0.05) is 29.2 Å². The first kappa shape index (κ1) is 20.9. The van der Waals surface area contributed by atoms with Crippen molar-refractivity contribution >= 4 is 34.9 Å². The van der Waals surface area contributed by atoms with E-state index in [1.165, 1.54) is 6.92 Å². The summed E-state index contributed by atoms with van der Waals surface area (Å²) in [7, 11) is 0. The summed E-state index contributed by atoms with van der Waals surface area (Å²) in [5, 5.41) is 0.519. The predicted molar refractivity (Wildman–Crippen MR) is 109 cm³/mol. The van der Waals surface area contributed by atoms with Gasteiger partial charge in [-0.3, -0.25) is 14.4 Å². The van der Waals surface area contributed by atoms with Gasteiger partial charge in [-0.1, -0.05) is 11.6 Å². The third-order valence-electron chi connectivity index (χ3n) is 4.71. The molecule has 0 spiro atoms. The molecule has 152 valence electrons. The average Bonchev–Trinajstić information content (AvgIpc) is 3.10. The van der Waals surface area contributed by atoms with Crippen LogP contribution in [-0.2, 0) is 14.3 Å². The summed E-state index contributed by atoms with van der Waals surface area (Å²) in [6.45, 7) is 4.19. The van der Waals surface area contributed by atoms with Crippen molar-refractivity contribution in [1.29, 1.82) is 0 Å². The highest BCUT2D eigenvalue weighted by Crippen LogP contribution is 2.28. The Kier molecular flexibility index (Phi) is 6.54. The Labute approximate surface area is 174 Å². The van der Waals surface area contributed by atoms with Crippen LogP contribution in [0.4, 0.5) is 5.69 Å². The van der Waals surface area contributed by atoms with Crippen LogP contribution < -0.4 is 9.64 Å². The second-order valence-corrected chi connectivity index (χ2v) is 7.22. The Morgan fingerprint density at radius 3 is 2.41 bits per heavy atom. The smallest absolute Gasteiger partial charge is 0.312 e. The molecule has 0 aliphatic carbocycles. The topological polar surface area (TPSA) is 72.9 Å². The largest absolute Gasteiger partial charge is 0.494 e. The number of rotatable bonds is 7. The quantitative estimate of drug-likeness (QED) is 0.506. The van der Waals surface area contributed by atoms with E-state index in [0.29, 0.717) is 28.6 Å². The molecule has 2 atom stereocenters. The van der Waals surface area contributed by atoms with Gasteiger partial charge >= 0.3 is 5.97 Å². The molecular weight excluding hydrogens is 394 g/mol. The van der Waals surface area contributed by atoms with Gasteiger partial charge in [-0.2, -0.15) is 0 Å². The maximum absolute atomic E-state index is 12.5. The monoisotopic (exact) mass is 415 g/mol. The van der Waals surface area contributed by atoms with E-state index in [1.54, 1.807) is 53.4 Å². The lowest BCUT2D eigenvalue weighted by Crippen LogP contribution is -2.30. The fourth-order valence-corrected chi connectivity index (χ4v) is 3.30. The number of hydrogen-bond donors (Lipinski definition) is 0. The number of halogens is 1. The fourth-order valence-electron chi connectivity index (χ4n) is 3.18. The van der Waals surface area contributed by atoms with Crippen molar-refractivity contribution in [1.82, 2.24) is 0 Å². The van der Waals surface area contributed by atoms with Gasteiger partial charge in [-0.15, -0.1) is 0 Å². The van der Waals surface area contributed by atoms with E-state index in [0.717, 1.165) is 0 Å². The van der Waals surface area contributed by atoms with Crippen molar-refractivity contribution in [3.8, 4) is 5.75 Å². The number of amides is 1. The van der Waals surface area contributed by atoms with E-state index >= 15 is 0 Å². The molecular formula is C22H22ClNO5. The molecule has 1 fully saturated rings. The molecule has 0 bridgehead atoms. The average molecular weight is 416 g/mol. The van der Waals surface area contributed by atoms with Gasteiger partial charge in [-0.25, -0.2) is 0 Å². The molecule has 2 aromatic rings. The molecule has 6 nitrogen and oxygen atoms in total. The molecule has 3 rings (SSSR count). The van der Waals surface area contributed by atoms with Crippen LogP contribution in [0.2, 0.25) is 5.02 Å². The van der Waals surface area contributed by atoms with Gasteiger partial charge in [0.05, 0.1) is 12.5 Å². The Hall–Kier alpha value is -2.86. The predicted octanol–water partition coefficient (Wildman–Crippen LogP) is 3.91. The number of esters is 1. The lowest BCUT2D eigenvalue weighted by atomic mass is 10.1. The van der Waals surface area contributed by atoms with E-state index in [1.807, 2.05) is 6.92 Å². The van der Waals surface area contributed by atoms with Crippen LogP contribution in [0, 0.1) is 5.92 Å². The molecule has 0 saturated carbocycles. The molecule has 1 aliphatic rings. The third-order valence-corrected chi connectivity index (χ3v) is 4.96. The fraction of sp³-hybridized carbons (Fsp3) is 0.318. The molecule has 7 heteroatoms. The van der Waals surface area contributed by atoms with E-state index in [9.17, 15) is 14.4 Å². The number of carbonyl (C=O) groups is 3. The summed E-state index contributed by atoms with van der Waals surface area (Å²) in [6, 6.07) is 13.5. The van der Waals surface area contributed by atoms with Crippen LogP contribution >= 0.6 is 11.6 Å². The van der Waals surface area contributed by atoms with Crippen LogP contribution in [0.3, 0.4) is 0 Å². The highest BCUT2D eigenvalue weighted by atomic mass is 35.5. The maximum Gasteiger partial charge on any atom is 0.312 e. The van der Waals surface area contributed by atoms with Crippen molar-refractivity contribution in [3.05, 3.63) is 59.1 Å². The molecule has 1 amide bonds. The van der Waals surface area contributed by atoms with Crippen LogP contribution in [0.1, 0.15) is 30.6 Å². The Morgan fingerprint density at radius 1 is 1.14 bits per heavy atom. The normalized spacial score (nSPS) is 17.1. The van der Waals surface area contributed by atoms with Gasteiger partial charge in [0.15, 0.2) is 6.10 Å². The molecule has 0 aromatic heterocycles. The minimum atomic E-state index is -0.946. The van der Waals surface area contributed by atoms with Crippen LogP contribution in [0.5, 0.6) is 5.75 Å². The van der Waals surface area contributed by atoms with Crippen LogP contribution in [0.15, 0.2) is 48.5 Å². The number of anilines is 1. The lowest BCUT2D eigenvalue weighted by molar-refractivity contribution is -0.151. The van der Waals surface area contributed by atoms with E-state index in [-0.39, 0.29) is 24.7 Å². The zero-order chi connectivity index (χ0) is 21.0. The summed E-state index contributed by atoms with van der Waals surface area (Å²) in [6.07, 6.45) is -0.897. The number of ether oxygens (including phenoxy) is 2. The first-order valence-corrected chi connectivity index (χ1v) is 9.80. The molecule has 0 N–H and O–H groups in total. The Bertz CT molecular complexity index is 894. The standard InChI is InChI=1S/C22H22ClNO5/c1-3-28-19-10-8-18(9-11-19)24-13-16(12-20(24)25)22(27)29-14(2)21(26)15-4-6-17(23)7-5-15/h4-11,14,16H,3,12-13H2,1-2H3/t14-,16-/m0/s1. The van der Waals surface area contributed by atoms with Crippen molar-refractivity contribution in [2.75, 3.05) is 18.1 Å². The number of hydrogen-bond acceptors (Lipinski definition) is 5. The summed E-state index contributed by atoms with van der Waals surface area (Å²) in [4.78, 5) is 38.9. The first-order valence-electron chi connectivity index (χ1n) is 9.42. The van der Waals surface area contributed by atoms with Crippen molar-refractivity contribution in [2.24, 2.45) is 5.92 Å². The molecule has 2 aromatic carbocycles. The summed E-state index contributed by atoms with van der Waals surface area (Å²) >= 11 is 5.83. The van der Waals surface area contributed by atoms with Crippen LogP contribution in [0.25, 0.3) is 0 Å². The second-order valence-electron chi connectivity index (χ2n) is 6.78. The molecule has 29 heavy (non-hydrogen) atoms. The minimum absolute atomic E-state index is 0.0495. The van der Waals surface area contributed by atoms with Crippen molar-refractivity contribution in [2.45, 2.75) is 26.4 Å². The van der Waals surface area contributed by atoms with Gasteiger partial charge in [-0.05, 0) is 62.4 Å². The lowest BCUT2D eigenvalue weighted by Gasteiger charge is -2.18. The van der Waals surface area contributed by atoms with Gasteiger partial charge in [0.2, 0.25) is 11.7 Å². The second kappa shape index (κ2) is 9.09. The van der Waals surface area contributed by atoms with Crippen LogP contribution in [-0.4, -0.2) is 36.9 Å². The minimum Gasteiger partial charge on any atom is -0.494 e. The highest BCUT2D eigenvalue weighted by molar-refractivity contribution is 6.30. The zero-order valence-corrected chi connectivity index (χ0v) is 17.0. The number of benzene rings is 2. The summed E-state index contributed by atoms with van der Waals surface area (Å²) in [5.41, 5.74) is 1.10. The molecule has 0 unspecified atom stereocenters. The van der Waals surface area contributed by atoms with Gasteiger partial charge in [0.25, 0.3) is 0 Å². The number of Topliss-reactive ketones (excluding diaryl/α,β-unsaturated/α-hetero) is 1. The molecule has 1 aliphatic heterocycles.